The molecule has 55 heavy (non-hydrogen) atoms. The van der Waals surface area contributed by atoms with Gasteiger partial charge in [0.05, 0.1) is 0 Å². The molecule has 0 fully saturated rings. The van der Waals surface area contributed by atoms with Crippen molar-refractivity contribution in [1.29, 1.82) is 0 Å². The molecule has 2 heteroatoms. The normalized spacial score (nSPS) is 18.7. The molecule has 0 heterocycles. The van der Waals surface area contributed by atoms with Crippen LogP contribution in [0.2, 0.25) is 0 Å². The molecule has 0 amide bonds. The summed E-state index contributed by atoms with van der Waals surface area (Å²) in [4.78, 5) is 0. The van der Waals surface area contributed by atoms with E-state index in [1.807, 2.05) is 6.92 Å². The van der Waals surface area contributed by atoms with Crippen LogP contribution in [-0.4, -0.2) is 12.2 Å². The van der Waals surface area contributed by atoms with Crippen LogP contribution in [0.4, 0.5) is 0 Å². The van der Waals surface area contributed by atoms with Crippen LogP contribution in [0, 0.1) is 0 Å². The first-order valence-corrected chi connectivity index (χ1v) is 21.7. The van der Waals surface area contributed by atoms with Crippen molar-refractivity contribution in [3.05, 3.63) is 128 Å². The van der Waals surface area contributed by atoms with Crippen molar-refractivity contribution < 1.29 is 10.2 Å². The van der Waals surface area contributed by atoms with Crippen molar-refractivity contribution in [3.8, 4) is 0 Å². The van der Waals surface area contributed by atoms with Gasteiger partial charge in [-0.15, -0.1) is 0 Å². The molecule has 2 nitrogen and oxygen atoms in total. The third-order valence-electron chi connectivity index (χ3n) is 11.1. The highest BCUT2D eigenvalue weighted by Gasteiger charge is 2.18. The van der Waals surface area contributed by atoms with Gasteiger partial charge in [-0.2, -0.15) is 0 Å². The Hall–Kier alpha value is -2.94. The third kappa shape index (κ3) is 25.0. The van der Waals surface area contributed by atoms with E-state index >= 15 is 0 Å². The Labute approximate surface area is 341 Å². The average Bonchev–Trinajstić information content (AvgIpc) is 3.11. The van der Waals surface area contributed by atoms with Gasteiger partial charge < -0.3 is 5.11 Å². The van der Waals surface area contributed by atoms with Crippen molar-refractivity contribution >= 4 is 0 Å². The first-order chi connectivity index (χ1) is 26.1. The molecule has 1 radical (unpaired) electrons. The Kier molecular flexibility index (Phi) is 26.7. The van der Waals surface area contributed by atoms with E-state index in [-0.39, 0.29) is 0 Å². The molecule has 0 spiro atoms. The highest BCUT2D eigenvalue weighted by molar-refractivity contribution is 5.36. The summed E-state index contributed by atoms with van der Waals surface area (Å²) in [5, 5.41) is 24.8. The number of hydrogen-bond donors (Lipinski definition) is 0. The van der Waals surface area contributed by atoms with E-state index in [1.54, 1.807) is 13.0 Å². The minimum atomic E-state index is -0.864. The zero-order valence-electron chi connectivity index (χ0n) is 37.8. The number of rotatable bonds is 26. The van der Waals surface area contributed by atoms with Crippen LogP contribution in [0.25, 0.3) is 0 Å². The van der Waals surface area contributed by atoms with Crippen LogP contribution >= 0.6 is 0 Å². The van der Waals surface area contributed by atoms with Crippen LogP contribution in [0.3, 0.4) is 0 Å². The summed E-state index contributed by atoms with van der Waals surface area (Å²) in [5.41, 5.74) is 15.3. The zero-order chi connectivity index (χ0) is 41.2. The fraction of sp³-hybridized carbons (Fsp3) is 0.585. The smallest absolute Gasteiger partial charge is 0.132 e. The maximum Gasteiger partial charge on any atom is 0.132 e. The SMILES string of the molecule is CC(C)=CCC/C(C)=C/CC/C(C)=C/CC/C(C)=C/CC/C(C)=C/CC/C(C)=C/CC/C(C)=C/CC/C(C)=C/CC/C(C)=C/CC1=CC([O])C(C)=C(C)C1[O-]. The fourth-order valence-corrected chi connectivity index (χ4v) is 6.81. The summed E-state index contributed by atoms with van der Waals surface area (Å²) >= 11 is 0. The Bertz CT molecular complexity index is 1500. The van der Waals surface area contributed by atoms with Gasteiger partial charge in [-0.25, -0.2) is 5.11 Å². The van der Waals surface area contributed by atoms with Crippen molar-refractivity contribution in [3.63, 3.8) is 0 Å². The topological polar surface area (TPSA) is 43.0 Å². The number of allylic oxidation sites excluding steroid dienone is 18. The third-order valence-corrected chi connectivity index (χ3v) is 11.1. The predicted octanol–water partition coefficient (Wildman–Crippen LogP) is 16.0. The molecule has 307 valence electrons. The minimum absolute atomic E-state index is 0.592. The van der Waals surface area contributed by atoms with Gasteiger partial charge in [-0.05, 0) is 204 Å². The summed E-state index contributed by atoms with van der Waals surface area (Å²) in [5.74, 6) is 0. The van der Waals surface area contributed by atoms with Crippen molar-refractivity contribution in [2.24, 2.45) is 0 Å². The average molecular weight is 751 g/mol. The summed E-state index contributed by atoms with van der Waals surface area (Å²) in [7, 11) is 0. The lowest BCUT2D eigenvalue weighted by Crippen LogP contribution is -2.34. The molecular weight excluding hydrogens is 669 g/mol. The molecule has 0 aliphatic heterocycles. The van der Waals surface area contributed by atoms with Crippen LogP contribution in [-0.2, 0) is 5.11 Å². The molecular formula is C53H82O2-. The second-order valence-electron chi connectivity index (χ2n) is 17.1. The maximum absolute atomic E-state index is 12.6. The van der Waals surface area contributed by atoms with Gasteiger partial charge in [-0.1, -0.05) is 122 Å². The van der Waals surface area contributed by atoms with Crippen LogP contribution in [0.15, 0.2) is 128 Å². The summed E-state index contributed by atoms with van der Waals surface area (Å²) in [6.45, 7) is 26.0. The van der Waals surface area contributed by atoms with Crippen molar-refractivity contribution in [2.75, 3.05) is 0 Å². The van der Waals surface area contributed by atoms with E-state index in [9.17, 15) is 10.2 Å². The van der Waals surface area contributed by atoms with Crippen molar-refractivity contribution in [1.82, 2.24) is 0 Å². The Balaban J connectivity index is 2.26. The van der Waals surface area contributed by atoms with E-state index in [1.165, 1.54) is 69.4 Å². The molecule has 0 bridgehead atoms. The molecule has 0 saturated heterocycles. The molecule has 2 atom stereocenters. The van der Waals surface area contributed by atoms with Gasteiger partial charge in [0, 0.05) is 0 Å². The van der Waals surface area contributed by atoms with Gasteiger partial charge in [0.15, 0.2) is 0 Å². The lowest BCUT2D eigenvalue weighted by Gasteiger charge is -2.33. The largest absolute Gasteiger partial charge is 0.846 e. The fourth-order valence-electron chi connectivity index (χ4n) is 6.81. The molecule has 0 saturated carbocycles. The van der Waals surface area contributed by atoms with E-state index < -0.39 is 12.2 Å². The summed E-state index contributed by atoms with van der Waals surface area (Å²) in [6.07, 6.45) is 40.0. The standard InChI is InChI=1S/C53H82O2/c1-40(2)21-13-22-41(3)23-14-24-42(4)25-15-26-43(5)27-16-28-44(6)29-17-30-45(7)31-18-32-46(8)33-19-34-47(9)35-20-36-48(10)37-38-51-39-52(54)49(11)50(12)53(51)55/h21,23,25,27,29,31,33,35,37,39,52-53H,13-20,22,24,26,28,30,32,34,36,38H2,1-12H3/q-1/b41-23+,42-25+,43-27+,44-29+,45-31+,46-33+,47-35+,48-37+. The highest BCUT2D eigenvalue weighted by Crippen LogP contribution is 2.27. The summed E-state index contributed by atoms with van der Waals surface area (Å²) in [6, 6.07) is 0. The molecule has 1 rings (SSSR count). The quantitative estimate of drug-likeness (QED) is 0.0812. The molecule has 0 aromatic heterocycles. The second-order valence-corrected chi connectivity index (χ2v) is 17.1. The predicted molar refractivity (Wildman–Crippen MR) is 243 cm³/mol. The molecule has 0 aromatic carbocycles. The molecule has 0 aromatic rings. The van der Waals surface area contributed by atoms with E-state index in [0.717, 1.165) is 89.0 Å². The minimum Gasteiger partial charge on any atom is -0.846 e. The van der Waals surface area contributed by atoms with Gasteiger partial charge in [0.25, 0.3) is 0 Å². The highest BCUT2D eigenvalue weighted by atomic mass is 16.3. The summed E-state index contributed by atoms with van der Waals surface area (Å²) < 4.78 is 0. The van der Waals surface area contributed by atoms with Crippen LogP contribution in [0.5, 0.6) is 0 Å². The Morgan fingerprint density at radius 3 is 0.964 bits per heavy atom. The first kappa shape index (κ1) is 50.1. The zero-order valence-corrected chi connectivity index (χ0v) is 37.8. The Morgan fingerprint density at radius 1 is 0.436 bits per heavy atom. The maximum atomic E-state index is 12.6. The second kappa shape index (κ2) is 29.3. The van der Waals surface area contributed by atoms with E-state index in [0.29, 0.717) is 17.6 Å². The van der Waals surface area contributed by atoms with Crippen LogP contribution in [0.1, 0.15) is 192 Å². The van der Waals surface area contributed by atoms with Crippen LogP contribution < -0.4 is 5.11 Å². The van der Waals surface area contributed by atoms with Gasteiger partial charge in [0.1, 0.15) is 6.10 Å². The Morgan fingerprint density at radius 2 is 0.691 bits per heavy atom. The van der Waals surface area contributed by atoms with E-state index in [2.05, 4.69) is 124 Å². The molecule has 0 N–H and O–H groups in total. The van der Waals surface area contributed by atoms with Gasteiger partial charge in [-0.3, -0.25) is 0 Å². The van der Waals surface area contributed by atoms with Gasteiger partial charge in [0.2, 0.25) is 0 Å². The molecule has 1 aliphatic rings. The number of hydrogen-bond acceptors (Lipinski definition) is 1. The lowest BCUT2D eigenvalue weighted by atomic mass is 9.87. The first-order valence-electron chi connectivity index (χ1n) is 21.7. The van der Waals surface area contributed by atoms with Gasteiger partial charge >= 0.3 is 0 Å². The lowest BCUT2D eigenvalue weighted by molar-refractivity contribution is -0.395. The molecule has 1 aliphatic carbocycles. The van der Waals surface area contributed by atoms with E-state index in [4.69, 9.17) is 0 Å². The van der Waals surface area contributed by atoms with Crippen molar-refractivity contribution in [2.45, 2.75) is 204 Å². The monoisotopic (exact) mass is 751 g/mol. The molecule has 2 unspecified atom stereocenters.